The molecule has 0 fully saturated rings. The number of carboxylic acid groups (broad SMARTS) is 1. The van der Waals surface area contributed by atoms with Crippen molar-refractivity contribution in [3.63, 3.8) is 0 Å². The molecule has 0 aliphatic carbocycles. The molecule has 2 aromatic carbocycles. The summed E-state index contributed by atoms with van der Waals surface area (Å²) in [5.41, 5.74) is 18.0. The molecule has 0 aromatic heterocycles. The van der Waals surface area contributed by atoms with Crippen LogP contribution in [0, 0.1) is 0 Å². The van der Waals surface area contributed by atoms with Gasteiger partial charge in [-0.05, 0) is 24.0 Å². The van der Waals surface area contributed by atoms with Crippen LogP contribution in [0.5, 0.6) is 0 Å². The second kappa shape index (κ2) is 16.8. The predicted octanol–water partition coefficient (Wildman–Crippen LogP) is -0.678. The summed E-state index contributed by atoms with van der Waals surface area (Å²) in [4.78, 5) is 55.0. The smallest absolute Gasteiger partial charge is 0.326 e. The van der Waals surface area contributed by atoms with Crippen molar-refractivity contribution >= 4 is 42.3 Å². The van der Waals surface area contributed by atoms with Crippen molar-refractivity contribution in [3.05, 3.63) is 71.8 Å². The van der Waals surface area contributed by atoms with Crippen LogP contribution in [-0.4, -0.2) is 71.2 Å². The van der Waals surface area contributed by atoms with E-state index in [0.29, 0.717) is 6.42 Å². The highest BCUT2D eigenvalue weighted by Gasteiger charge is 2.30. The highest BCUT2D eigenvalue weighted by atomic mass is 32.1. The van der Waals surface area contributed by atoms with Gasteiger partial charge in [0.2, 0.25) is 17.7 Å². The summed E-state index contributed by atoms with van der Waals surface area (Å²) in [6, 6.07) is 13.5. The third-order valence-electron chi connectivity index (χ3n) is 5.92. The molecule has 4 unspecified atom stereocenters. The summed E-state index contributed by atoms with van der Waals surface area (Å²) >= 11 is 4.04. The molecule has 0 heterocycles. The van der Waals surface area contributed by atoms with Gasteiger partial charge < -0.3 is 38.3 Å². The number of guanidine groups is 1. The summed E-state index contributed by atoms with van der Waals surface area (Å²) in [6.07, 6.45) is 0.595. The maximum absolute atomic E-state index is 13.4. The van der Waals surface area contributed by atoms with E-state index in [1.165, 1.54) is 0 Å². The molecule has 3 amide bonds. The quantitative estimate of drug-likeness (QED) is 0.0558. The van der Waals surface area contributed by atoms with Crippen LogP contribution in [0.4, 0.5) is 0 Å². The summed E-state index contributed by atoms with van der Waals surface area (Å²) in [7, 11) is 0. The Labute approximate surface area is 238 Å². The van der Waals surface area contributed by atoms with E-state index in [1.807, 2.05) is 6.07 Å². The van der Waals surface area contributed by atoms with Crippen molar-refractivity contribution in [1.29, 1.82) is 0 Å². The number of benzene rings is 2. The molecule has 0 saturated heterocycles. The molecule has 0 aliphatic heterocycles. The van der Waals surface area contributed by atoms with Crippen molar-refractivity contribution in [2.24, 2.45) is 22.2 Å². The van der Waals surface area contributed by atoms with Gasteiger partial charge in [-0.1, -0.05) is 60.7 Å². The van der Waals surface area contributed by atoms with Gasteiger partial charge in [0, 0.05) is 25.1 Å². The highest BCUT2D eigenvalue weighted by molar-refractivity contribution is 7.80. The Morgan fingerprint density at radius 1 is 0.775 bits per heavy atom. The van der Waals surface area contributed by atoms with Gasteiger partial charge in [-0.15, -0.1) is 0 Å². The summed E-state index contributed by atoms with van der Waals surface area (Å²) in [5, 5.41) is 17.6. The number of carbonyl (C=O) groups excluding carboxylic acids is 3. The number of carbonyl (C=O) groups is 4. The number of rotatable bonds is 16. The van der Waals surface area contributed by atoms with Crippen molar-refractivity contribution in [2.75, 3.05) is 12.3 Å². The van der Waals surface area contributed by atoms with Crippen LogP contribution < -0.4 is 33.2 Å². The molecular formula is C27H37N7O5S. The minimum atomic E-state index is -1.24. The molecule has 0 bridgehead atoms. The van der Waals surface area contributed by atoms with Gasteiger partial charge in [-0.25, -0.2) is 4.79 Å². The van der Waals surface area contributed by atoms with E-state index >= 15 is 0 Å². The lowest BCUT2D eigenvalue weighted by Crippen LogP contribution is -2.58. The zero-order valence-electron chi connectivity index (χ0n) is 22.0. The molecular weight excluding hydrogens is 534 g/mol. The number of hydrogen-bond donors (Lipinski definition) is 8. The average molecular weight is 572 g/mol. The summed E-state index contributed by atoms with van der Waals surface area (Å²) in [5.74, 6) is -3.19. The number of thiol groups is 1. The van der Waals surface area contributed by atoms with E-state index in [-0.39, 0.29) is 37.5 Å². The molecule has 0 radical (unpaired) electrons. The molecule has 216 valence electrons. The normalized spacial score (nSPS) is 13.7. The van der Waals surface area contributed by atoms with Gasteiger partial charge >= 0.3 is 5.97 Å². The Morgan fingerprint density at radius 3 is 1.75 bits per heavy atom. The number of aliphatic carboxylic acids is 1. The van der Waals surface area contributed by atoms with Crippen LogP contribution in [0.15, 0.2) is 65.7 Å². The van der Waals surface area contributed by atoms with Crippen LogP contribution >= 0.6 is 12.6 Å². The van der Waals surface area contributed by atoms with Gasteiger partial charge in [-0.3, -0.25) is 19.4 Å². The molecule has 0 spiro atoms. The number of carboxylic acids is 1. The van der Waals surface area contributed by atoms with Gasteiger partial charge in [0.1, 0.15) is 18.1 Å². The van der Waals surface area contributed by atoms with Gasteiger partial charge in [0.15, 0.2) is 5.96 Å². The Morgan fingerprint density at radius 2 is 1.25 bits per heavy atom. The lowest BCUT2D eigenvalue weighted by molar-refractivity contribution is -0.142. The average Bonchev–Trinajstić information content (AvgIpc) is 2.94. The molecule has 12 nitrogen and oxygen atoms in total. The molecule has 0 saturated carbocycles. The number of nitrogens with zero attached hydrogens (tertiary/aromatic N) is 1. The van der Waals surface area contributed by atoms with Crippen molar-refractivity contribution in [1.82, 2.24) is 16.0 Å². The van der Waals surface area contributed by atoms with Crippen molar-refractivity contribution < 1.29 is 24.3 Å². The topological polar surface area (TPSA) is 215 Å². The molecule has 10 N–H and O–H groups in total. The van der Waals surface area contributed by atoms with Crippen molar-refractivity contribution in [2.45, 2.75) is 49.9 Å². The first-order valence-corrected chi connectivity index (χ1v) is 13.4. The third-order valence-corrected chi connectivity index (χ3v) is 6.32. The lowest BCUT2D eigenvalue weighted by Gasteiger charge is -2.25. The zero-order chi connectivity index (χ0) is 29.5. The molecule has 2 aromatic rings. The van der Waals surface area contributed by atoms with E-state index in [2.05, 4.69) is 33.6 Å². The number of nitrogens with two attached hydrogens (primary N) is 3. The second-order valence-corrected chi connectivity index (χ2v) is 9.50. The minimum Gasteiger partial charge on any atom is -0.480 e. The van der Waals surface area contributed by atoms with Crippen LogP contribution in [0.2, 0.25) is 0 Å². The van der Waals surface area contributed by atoms with Gasteiger partial charge in [-0.2, -0.15) is 12.6 Å². The maximum Gasteiger partial charge on any atom is 0.326 e. The van der Waals surface area contributed by atoms with Crippen LogP contribution in [0.1, 0.15) is 24.0 Å². The van der Waals surface area contributed by atoms with E-state index < -0.39 is 47.9 Å². The van der Waals surface area contributed by atoms with Crippen LogP contribution in [-0.2, 0) is 32.0 Å². The van der Waals surface area contributed by atoms with Gasteiger partial charge in [0.25, 0.3) is 0 Å². The lowest BCUT2D eigenvalue weighted by atomic mass is 10.0. The first kappa shape index (κ1) is 32.1. The largest absolute Gasteiger partial charge is 0.480 e. The first-order chi connectivity index (χ1) is 19.1. The van der Waals surface area contributed by atoms with E-state index in [9.17, 15) is 24.3 Å². The van der Waals surface area contributed by atoms with E-state index in [4.69, 9.17) is 17.2 Å². The monoisotopic (exact) mass is 571 g/mol. The minimum absolute atomic E-state index is 0.0465. The number of aliphatic imine (C=N–C) groups is 1. The molecule has 13 heteroatoms. The van der Waals surface area contributed by atoms with E-state index in [0.717, 1.165) is 11.1 Å². The van der Waals surface area contributed by atoms with Crippen LogP contribution in [0.3, 0.4) is 0 Å². The summed E-state index contributed by atoms with van der Waals surface area (Å²) < 4.78 is 0. The number of amides is 3. The van der Waals surface area contributed by atoms with Gasteiger partial charge in [0.05, 0.1) is 6.04 Å². The molecule has 40 heavy (non-hydrogen) atoms. The Hall–Kier alpha value is -4.10. The summed E-state index contributed by atoms with van der Waals surface area (Å²) in [6.45, 7) is 0.190. The Bertz CT molecular complexity index is 1150. The first-order valence-electron chi connectivity index (χ1n) is 12.7. The number of nitrogens with one attached hydrogen (secondary N) is 3. The van der Waals surface area contributed by atoms with Crippen LogP contribution in [0.25, 0.3) is 0 Å². The fraction of sp³-hybridized carbons (Fsp3) is 0.370. The standard InChI is InChI=1S/C27H37N7O5S/c28-19(16-40)23(35)33-21(14-17-8-3-1-4-9-17)25(37)32-20(12-7-13-31-27(29)30)24(36)34-22(26(38)39)15-18-10-5-2-6-11-18/h1-6,8-11,19-22,40H,7,12-16,28H2,(H,32,37)(H,33,35)(H,34,36)(H,38,39)(H4,29,30,31). The van der Waals surface area contributed by atoms with E-state index in [1.54, 1.807) is 54.6 Å². The highest BCUT2D eigenvalue weighted by Crippen LogP contribution is 2.08. The van der Waals surface area contributed by atoms with Crippen molar-refractivity contribution in [3.8, 4) is 0 Å². The fourth-order valence-corrected chi connectivity index (χ4v) is 3.95. The SMILES string of the molecule is NC(N)=NCCCC(NC(=O)C(Cc1ccccc1)NC(=O)C(N)CS)C(=O)NC(Cc1ccccc1)C(=O)O. The number of hydrogen-bond acceptors (Lipinski definition) is 7. The zero-order valence-corrected chi connectivity index (χ0v) is 22.9. The molecule has 4 atom stereocenters. The Balaban J connectivity index is 2.24. The molecule has 2 rings (SSSR count). The molecule has 0 aliphatic rings. The maximum atomic E-state index is 13.4. The predicted molar refractivity (Wildman–Crippen MR) is 155 cm³/mol. The second-order valence-electron chi connectivity index (χ2n) is 9.14. The third kappa shape index (κ3) is 11.3. The fourth-order valence-electron chi connectivity index (χ4n) is 3.79. The Kier molecular flexibility index (Phi) is 13.5.